The summed E-state index contributed by atoms with van der Waals surface area (Å²) in [6, 6.07) is 4.29. The highest BCUT2D eigenvalue weighted by Gasteiger charge is 2.19. The Morgan fingerprint density at radius 3 is 2.64 bits per heavy atom. The van der Waals surface area contributed by atoms with Crippen LogP contribution in [0.1, 0.15) is 32.4 Å². The summed E-state index contributed by atoms with van der Waals surface area (Å²) in [5.41, 5.74) is 0.894. The molecule has 0 fully saturated rings. The molecule has 0 aliphatic carbocycles. The van der Waals surface area contributed by atoms with Gasteiger partial charge in [-0.2, -0.15) is 0 Å². The van der Waals surface area contributed by atoms with E-state index >= 15 is 0 Å². The number of ether oxygens (including phenoxy) is 2. The van der Waals surface area contributed by atoms with Gasteiger partial charge in [-0.1, -0.05) is 6.07 Å². The molecule has 0 bridgehead atoms. The van der Waals surface area contributed by atoms with Crippen LogP contribution < -0.4 is 25.4 Å². The summed E-state index contributed by atoms with van der Waals surface area (Å²) >= 11 is 0. The molecule has 7 nitrogen and oxygen atoms in total. The number of urea groups is 1. The minimum absolute atomic E-state index is 0.213. The largest absolute Gasteiger partial charge is 0.454 e. The van der Waals surface area contributed by atoms with Crippen molar-refractivity contribution in [1.29, 1.82) is 0 Å². The average molecular weight is 307 g/mol. The van der Waals surface area contributed by atoms with Gasteiger partial charge in [0.15, 0.2) is 11.5 Å². The Balaban J connectivity index is 1.90. The van der Waals surface area contributed by atoms with Gasteiger partial charge in [0.05, 0.1) is 6.04 Å². The third-order valence-electron chi connectivity index (χ3n) is 3.34. The number of carbonyl (C=O) groups excluding carboxylic acids is 2. The van der Waals surface area contributed by atoms with Crippen molar-refractivity contribution in [3.8, 4) is 11.5 Å². The van der Waals surface area contributed by atoms with Crippen LogP contribution in [0.4, 0.5) is 4.79 Å². The summed E-state index contributed by atoms with van der Waals surface area (Å²) in [6.07, 6.45) is 0. The van der Waals surface area contributed by atoms with Crippen LogP contribution in [-0.4, -0.2) is 31.3 Å². The highest BCUT2D eigenvalue weighted by molar-refractivity contribution is 5.86. The predicted octanol–water partition coefficient (Wildman–Crippen LogP) is 1.30. The molecule has 22 heavy (non-hydrogen) atoms. The maximum Gasteiger partial charge on any atom is 0.315 e. The van der Waals surface area contributed by atoms with Gasteiger partial charge in [0, 0.05) is 6.54 Å². The molecule has 3 amide bonds. The van der Waals surface area contributed by atoms with Crippen LogP contribution in [0.25, 0.3) is 0 Å². The second-order valence-electron chi connectivity index (χ2n) is 5.07. The van der Waals surface area contributed by atoms with Crippen LogP contribution in [0.5, 0.6) is 11.5 Å². The number of amides is 3. The zero-order chi connectivity index (χ0) is 16.1. The SMILES string of the molecule is CCNC(=O)[C@@H](C)NC(=O)N[C@@H](C)c1ccc2c(c1)OCO2. The molecule has 0 aromatic heterocycles. The van der Waals surface area contributed by atoms with Crippen LogP contribution >= 0.6 is 0 Å². The van der Waals surface area contributed by atoms with Crippen molar-refractivity contribution in [3.05, 3.63) is 23.8 Å². The minimum atomic E-state index is -0.594. The molecule has 2 atom stereocenters. The number of rotatable bonds is 5. The average Bonchev–Trinajstić information content (AvgIpc) is 2.94. The Morgan fingerprint density at radius 1 is 1.18 bits per heavy atom. The monoisotopic (exact) mass is 307 g/mol. The van der Waals surface area contributed by atoms with Gasteiger partial charge in [0.25, 0.3) is 0 Å². The number of hydrogen-bond acceptors (Lipinski definition) is 4. The van der Waals surface area contributed by atoms with Crippen LogP contribution in [0, 0.1) is 0 Å². The molecule has 1 aromatic rings. The fraction of sp³-hybridized carbons (Fsp3) is 0.467. The van der Waals surface area contributed by atoms with E-state index in [0.717, 1.165) is 5.56 Å². The van der Waals surface area contributed by atoms with Crippen molar-refractivity contribution in [2.75, 3.05) is 13.3 Å². The third kappa shape index (κ3) is 3.81. The molecule has 1 aliphatic heterocycles. The van der Waals surface area contributed by atoms with Crippen molar-refractivity contribution < 1.29 is 19.1 Å². The Labute approximate surface area is 129 Å². The van der Waals surface area contributed by atoms with E-state index in [-0.39, 0.29) is 18.7 Å². The number of hydrogen-bond donors (Lipinski definition) is 3. The minimum Gasteiger partial charge on any atom is -0.454 e. The topological polar surface area (TPSA) is 88.7 Å². The van der Waals surface area contributed by atoms with E-state index in [1.807, 2.05) is 32.0 Å². The number of nitrogens with one attached hydrogen (secondary N) is 3. The first-order chi connectivity index (χ1) is 10.5. The molecule has 0 spiro atoms. The summed E-state index contributed by atoms with van der Waals surface area (Å²) in [6.45, 7) is 6.06. The molecule has 1 heterocycles. The second-order valence-corrected chi connectivity index (χ2v) is 5.07. The highest BCUT2D eigenvalue weighted by atomic mass is 16.7. The maximum atomic E-state index is 11.9. The summed E-state index contributed by atoms with van der Waals surface area (Å²) < 4.78 is 10.6. The molecule has 0 saturated carbocycles. The smallest absolute Gasteiger partial charge is 0.315 e. The molecule has 120 valence electrons. The molecule has 0 saturated heterocycles. The van der Waals surface area contributed by atoms with Crippen LogP contribution in [-0.2, 0) is 4.79 Å². The van der Waals surface area contributed by atoms with E-state index in [0.29, 0.717) is 18.0 Å². The normalized spacial score (nSPS) is 14.9. The first kappa shape index (κ1) is 15.9. The second kappa shape index (κ2) is 7.02. The fourth-order valence-electron chi connectivity index (χ4n) is 2.09. The van der Waals surface area contributed by atoms with Gasteiger partial charge in [0.2, 0.25) is 12.7 Å². The van der Waals surface area contributed by atoms with E-state index in [1.54, 1.807) is 6.92 Å². The van der Waals surface area contributed by atoms with Gasteiger partial charge in [-0.3, -0.25) is 4.79 Å². The molecule has 3 N–H and O–H groups in total. The van der Waals surface area contributed by atoms with Crippen LogP contribution in [0.3, 0.4) is 0 Å². The van der Waals surface area contributed by atoms with E-state index in [1.165, 1.54) is 0 Å². The lowest BCUT2D eigenvalue weighted by Crippen LogP contribution is -2.48. The molecular weight excluding hydrogens is 286 g/mol. The van der Waals surface area contributed by atoms with Gasteiger partial charge in [0.1, 0.15) is 6.04 Å². The van der Waals surface area contributed by atoms with Gasteiger partial charge < -0.3 is 25.4 Å². The molecular formula is C15H21N3O4. The number of benzene rings is 1. The van der Waals surface area contributed by atoms with Crippen molar-refractivity contribution in [1.82, 2.24) is 16.0 Å². The first-order valence-electron chi connectivity index (χ1n) is 7.25. The zero-order valence-corrected chi connectivity index (χ0v) is 12.9. The summed E-state index contributed by atoms with van der Waals surface area (Å²) in [7, 11) is 0. The Morgan fingerprint density at radius 2 is 1.91 bits per heavy atom. The van der Waals surface area contributed by atoms with E-state index in [4.69, 9.17) is 9.47 Å². The maximum absolute atomic E-state index is 11.9. The van der Waals surface area contributed by atoms with Gasteiger partial charge >= 0.3 is 6.03 Å². The number of carbonyl (C=O) groups is 2. The quantitative estimate of drug-likeness (QED) is 0.765. The summed E-state index contributed by atoms with van der Waals surface area (Å²) in [5.74, 6) is 1.15. The molecule has 1 aromatic carbocycles. The summed E-state index contributed by atoms with van der Waals surface area (Å²) in [4.78, 5) is 23.5. The van der Waals surface area contributed by atoms with Gasteiger partial charge in [-0.15, -0.1) is 0 Å². The molecule has 1 aliphatic rings. The lowest BCUT2D eigenvalue weighted by molar-refractivity contribution is -0.122. The van der Waals surface area contributed by atoms with Crippen LogP contribution in [0.2, 0.25) is 0 Å². The lowest BCUT2D eigenvalue weighted by atomic mass is 10.1. The summed E-state index contributed by atoms with van der Waals surface area (Å²) in [5, 5.41) is 8.04. The van der Waals surface area contributed by atoms with Gasteiger partial charge in [-0.25, -0.2) is 4.79 Å². The van der Waals surface area contributed by atoms with E-state index in [9.17, 15) is 9.59 Å². The van der Waals surface area contributed by atoms with E-state index in [2.05, 4.69) is 16.0 Å². The van der Waals surface area contributed by atoms with Crippen molar-refractivity contribution in [2.45, 2.75) is 32.9 Å². The Bertz CT molecular complexity index is 562. The van der Waals surface area contributed by atoms with Gasteiger partial charge in [-0.05, 0) is 38.5 Å². The highest BCUT2D eigenvalue weighted by Crippen LogP contribution is 2.34. The fourth-order valence-corrected chi connectivity index (χ4v) is 2.09. The number of fused-ring (bicyclic) bond motifs is 1. The van der Waals surface area contributed by atoms with Crippen molar-refractivity contribution >= 4 is 11.9 Å². The molecule has 0 unspecified atom stereocenters. The van der Waals surface area contributed by atoms with Crippen LogP contribution in [0.15, 0.2) is 18.2 Å². The molecule has 0 radical (unpaired) electrons. The zero-order valence-electron chi connectivity index (χ0n) is 12.9. The van der Waals surface area contributed by atoms with E-state index < -0.39 is 12.1 Å². The number of likely N-dealkylation sites (N-methyl/N-ethyl adjacent to an activating group) is 1. The van der Waals surface area contributed by atoms with Crippen molar-refractivity contribution in [2.24, 2.45) is 0 Å². The van der Waals surface area contributed by atoms with Crippen molar-refractivity contribution in [3.63, 3.8) is 0 Å². The third-order valence-corrected chi connectivity index (χ3v) is 3.34. The molecule has 2 rings (SSSR count). The standard InChI is InChI=1S/C15H21N3O4/c1-4-16-14(19)10(3)18-15(20)17-9(2)11-5-6-12-13(7-11)22-8-21-12/h5-7,9-10H,4,8H2,1-3H3,(H,16,19)(H2,17,18,20)/t9-,10+/m0/s1. The Hall–Kier alpha value is -2.44. The Kier molecular flexibility index (Phi) is 5.08. The predicted molar refractivity (Wildman–Crippen MR) is 80.8 cm³/mol. The lowest BCUT2D eigenvalue weighted by Gasteiger charge is -2.18. The molecule has 7 heteroatoms. The first-order valence-corrected chi connectivity index (χ1v) is 7.25.